The van der Waals surface area contributed by atoms with Crippen molar-refractivity contribution in [2.24, 2.45) is 5.92 Å². The van der Waals surface area contributed by atoms with Crippen LogP contribution in [0.5, 0.6) is 11.5 Å². The highest BCUT2D eigenvalue weighted by atomic mass is 32.2. The van der Waals surface area contributed by atoms with Crippen LogP contribution in [0.15, 0.2) is 82.6 Å². The number of benzene rings is 3. The number of imide groups is 1. The molecule has 9 nitrogen and oxygen atoms in total. The summed E-state index contributed by atoms with van der Waals surface area (Å²) in [6, 6.07) is 21.5. The molecule has 0 bridgehead atoms. The van der Waals surface area contributed by atoms with Crippen molar-refractivity contribution in [2.45, 2.75) is 29.7 Å². The Balaban J connectivity index is 1.40. The fourth-order valence-electron chi connectivity index (χ4n) is 5.48. The number of anilines is 2. The number of amides is 3. The van der Waals surface area contributed by atoms with E-state index in [4.69, 9.17) is 9.47 Å². The van der Waals surface area contributed by atoms with Crippen molar-refractivity contribution in [3.8, 4) is 11.5 Å². The molecular formula is C31H27N3O6S2. The Morgan fingerprint density at radius 3 is 2.21 bits per heavy atom. The topological polar surface area (TPSA) is 107 Å². The fourth-order valence-corrected chi connectivity index (χ4v) is 8.25. The number of nitrogens with one attached hydrogen (secondary N) is 1. The summed E-state index contributed by atoms with van der Waals surface area (Å²) in [6.45, 7) is 1.71. The number of fused-ring (bicyclic) bond motifs is 2. The Labute approximate surface area is 250 Å². The Bertz CT molecular complexity index is 1750. The SMILES string of the molecule is COc1ccc([C@@H]2c3sc(=O)n(CC(=O)Nc4cccc(C)c4)c3S[C@H]3C(=O)N(c4ccc(OC)cc4)C(=O)[C@@H]23)cc1. The Morgan fingerprint density at radius 2 is 1.57 bits per heavy atom. The smallest absolute Gasteiger partial charge is 0.308 e. The maximum atomic E-state index is 14.0. The van der Waals surface area contributed by atoms with Gasteiger partial charge in [0.25, 0.3) is 0 Å². The molecule has 1 aromatic heterocycles. The Hall–Kier alpha value is -4.35. The van der Waals surface area contributed by atoms with Crippen molar-refractivity contribution >= 4 is 52.2 Å². The highest BCUT2D eigenvalue weighted by Gasteiger charge is 2.56. The molecule has 0 aliphatic carbocycles. The van der Waals surface area contributed by atoms with E-state index in [0.717, 1.165) is 22.5 Å². The maximum Gasteiger partial charge on any atom is 0.308 e. The first-order chi connectivity index (χ1) is 20.3. The van der Waals surface area contributed by atoms with Gasteiger partial charge in [0.2, 0.25) is 17.7 Å². The molecule has 3 heterocycles. The van der Waals surface area contributed by atoms with E-state index in [1.807, 2.05) is 37.3 Å². The lowest BCUT2D eigenvalue weighted by atomic mass is 9.83. The largest absolute Gasteiger partial charge is 0.497 e. The molecule has 2 aliphatic rings. The summed E-state index contributed by atoms with van der Waals surface area (Å²) in [7, 11) is 3.12. The zero-order valence-electron chi connectivity index (χ0n) is 23.0. The van der Waals surface area contributed by atoms with Crippen LogP contribution < -0.4 is 24.6 Å². The number of aromatic nitrogens is 1. The number of rotatable bonds is 7. The molecule has 4 aromatic rings. The minimum atomic E-state index is -0.778. The molecule has 1 N–H and O–H groups in total. The summed E-state index contributed by atoms with van der Waals surface area (Å²) in [5.74, 6) is -1.10. The first kappa shape index (κ1) is 27.8. The summed E-state index contributed by atoms with van der Waals surface area (Å²) in [5.41, 5.74) is 2.86. The molecule has 0 unspecified atom stereocenters. The average molecular weight is 602 g/mol. The zero-order valence-corrected chi connectivity index (χ0v) is 24.7. The van der Waals surface area contributed by atoms with Gasteiger partial charge < -0.3 is 14.8 Å². The molecule has 3 atom stereocenters. The first-order valence-corrected chi connectivity index (χ1v) is 14.9. The van der Waals surface area contributed by atoms with Gasteiger partial charge in [-0.1, -0.05) is 47.4 Å². The molecule has 6 rings (SSSR count). The lowest BCUT2D eigenvalue weighted by Crippen LogP contribution is -2.33. The number of hydrogen-bond acceptors (Lipinski definition) is 8. The number of thioether (sulfide) groups is 1. The number of aryl methyl sites for hydroxylation is 1. The van der Waals surface area contributed by atoms with Crippen molar-refractivity contribution in [1.82, 2.24) is 4.57 Å². The van der Waals surface area contributed by atoms with Crippen LogP contribution in [0.1, 0.15) is 21.9 Å². The standard InChI is InChI=1S/C31H27N3O6S2/c1-17-5-4-6-19(15-17)32-23(35)16-33-30-27(42-31(33)38)24(18-7-11-21(39-2)12-8-18)25-26(41-30)29(37)34(28(25)36)20-9-13-22(40-3)14-10-20/h4-15,24-26H,16H2,1-3H3,(H,32,35)/t24-,25-,26+/m0/s1. The molecule has 0 radical (unpaired) electrons. The molecule has 0 spiro atoms. The van der Waals surface area contributed by atoms with Crippen molar-refractivity contribution in [2.75, 3.05) is 24.4 Å². The van der Waals surface area contributed by atoms with E-state index in [9.17, 15) is 19.2 Å². The second-order valence-electron chi connectivity index (χ2n) is 10.1. The van der Waals surface area contributed by atoms with Crippen LogP contribution in [0.4, 0.5) is 11.4 Å². The van der Waals surface area contributed by atoms with Crippen molar-refractivity contribution in [3.63, 3.8) is 0 Å². The number of hydrogen-bond donors (Lipinski definition) is 1. The van der Waals surface area contributed by atoms with Crippen LogP contribution in [-0.2, 0) is 20.9 Å². The second-order valence-corrected chi connectivity index (χ2v) is 12.2. The van der Waals surface area contributed by atoms with Crippen molar-refractivity contribution < 1.29 is 23.9 Å². The van der Waals surface area contributed by atoms with Gasteiger partial charge in [-0.15, -0.1) is 0 Å². The molecule has 3 aromatic carbocycles. The lowest BCUT2D eigenvalue weighted by Gasteiger charge is -2.30. The number of carbonyl (C=O) groups is 3. The minimum Gasteiger partial charge on any atom is -0.497 e. The Kier molecular flexibility index (Phi) is 7.38. The van der Waals surface area contributed by atoms with Gasteiger partial charge in [-0.05, 0) is 66.6 Å². The number of nitrogens with zero attached hydrogens (tertiary/aromatic N) is 2. The summed E-state index contributed by atoms with van der Waals surface area (Å²) in [4.78, 5) is 55.8. The summed E-state index contributed by atoms with van der Waals surface area (Å²) in [5, 5.41) is 2.61. The highest BCUT2D eigenvalue weighted by Crippen LogP contribution is 2.54. The molecular weight excluding hydrogens is 574 g/mol. The number of thiazole rings is 1. The third-order valence-electron chi connectivity index (χ3n) is 7.46. The van der Waals surface area contributed by atoms with Crippen LogP contribution >= 0.6 is 23.1 Å². The average Bonchev–Trinajstić information content (AvgIpc) is 3.43. The van der Waals surface area contributed by atoms with Gasteiger partial charge in [-0.2, -0.15) is 0 Å². The number of carbonyl (C=O) groups excluding carboxylic acids is 3. The van der Waals surface area contributed by atoms with Gasteiger partial charge in [0, 0.05) is 16.5 Å². The van der Waals surface area contributed by atoms with Gasteiger partial charge in [0.05, 0.1) is 30.9 Å². The van der Waals surface area contributed by atoms with Crippen LogP contribution in [-0.4, -0.2) is 41.8 Å². The summed E-state index contributed by atoms with van der Waals surface area (Å²) < 4.78 is 12.0. The Morgan fingerprint density at radius 1 is 0.905 bits per heavy atom. The van der Waals surface area contributed by atoms with Crippen LogP contribution in [0, 0.1) is 12.8 Å². The van der Waals surface area contributed by atoms with E-state index in [1.165, 1.54) is 21.2 Å². The molecule has 0 saturated carbocycles. The molecule has 1 saturated heterocycles. The summed E-state index contributed by atoms with van der Waals surface area (Å²) >= 11 is 2.19. The van der Waals surface area contributed by atoms with Crippen molar-refractivity contribution in [1.29, 1.82) is 0 Å². The third kappa shape index (κ3) is 4.88. The first-order valence-electron chi connectivity index (χ1n) is 13.2. The second kappa shape index (κ2) is 11.1. The third-order valence-corrected chi connectivity index (χ3v) is 10.1. The molecule has 1 fully saturated rings. The van der Waals surface area contributed by atoms with E-state index >= 15 is 0 Å². The van der Waals surface area contributed by atoms with Gasteiger partial charge in [-0.3, -0.25) is 23.7 Å². The quantitative estimate of drug-likeness (QED) is 0.307. The summed E-state index contributed by atoms with van der Waals surface area (Å²) in [6.07, 6.45) is 0. The van der Waals surface area contributed by atoms with Crippen molar-refractivity contribution in [3.05, 3.63) is 98.5 Å². The molecule has 42 heavy (non-hydrogen) atoms. The highest BCUT2D eigenvalue weighted by molar-refractivity contribution is 8.00. The maximum absolute atomic E-state index is 14.0. The monoisotopic (exact) mass is 601 g/mol. The number of ether oxygens (including phenoxy) is 2. The van der Waals surface area contributed by atoms with Gasteiger partial charge in [0.1, 0.15) is 23.3 Å². The zero-order chi connectivity index (χ0) is 29.5. The van der Waals surface area contributed by atoms with E-state index < -0.39 is 17.1 Å². The van der Waals surface area contributed by atoms with E-state index in [2.05, 4.69) is 5.32 Å². The molecule has 214 valence electrons. The lowest BCUT2D eigenvalue weighted by molar-refractivity contribution is -0.122. The predicted molar refractivity (Wildman–Crippen MR) is 162 cm³/mol. The minimum absolute atomic E-state index is 0.220. The molecule has 2 aliphatic heterocycles. The van der Waals surface area contributed by atoms with Gasteiger partial charge >= 0.3 is 4.87 Å². The fraction of sp³-hybridized carbons (Fsp3) is 0.226. The van der Waals surface area contributed by atoms with Crippen LogP contribution in [0.2, 0.25) is 0 Å². The molecule has 11 heteroatoms. The molecule has 3 amide bonds. The predicted octanol–water partition coefficient (Wildman–Crippen LogP) is 4.67. The van der Waals surface area contributed by atoms with Gasteiger partial charge in [0.15, 0.2) is 0 Å². The van der Waals surface area contributed by atoms with E-state index in [0.29, 0.717) is 32.8 Å². The van der Waals surface area contributed by atoms with Crippen LogP contribution in [0.25, 0.3) is 0 Å². The van der Waals surface area contributed by atoms with Crippen LogP contribution in [0.3, 0.4) is 0 Å². The van der Waals surface area contributed by atoms with E-state index in [1.54, 1.807) is 56.7 Å². The normalized spacial score (nSPS) is 19.3. The van der Waals surface area contributed by atoms with Gasteiger partial charge in [-0.25, -0.2) is 4.90 Å². The number of methoxy groups -OCH3 is 2. The van der Waals surface area contributed by atoms with E-state index in [-0.39, 0.29) is 29.1 Å².